The molecule has 0 bridgehead atoms. The van der Waals surface area contributed by atoms with Crippen LogP contribution in [0, 0.1) is 5.92 Å². The van der Waals surface area contributed by atoms with Gasteiger partial charge in [0.25, 0.3) is 0 Å². The first kappa shape index (κ1) is 35.6. The molecule has 1 fully saturated rings. The average molecular weight is 675 g/mol. The summed E-state index contributed by atoms with van der Waals surface area (Å²) >= 11 is -1.23. The molecule has 1 aromatic carbocycles. The number of nitrogens with one attached hydrogen (secondary N) is 2. The van der Waals surface area contributed by atoms with E-state index in [9.17, 15) is 29.4 Å². The van der Waals surface area contributed by atoms with Gasteiger partial charge in [-0.25, -0.2) is 0 Å². The van der Waals surface area contributed by atoms with Gasteiger partial charge in [-0.2, -0.15) is 0 Å². The van der Waals surface area contributed by atoms with Gasteiger partial charge in [0, 0.05) is 0 Å². The van der Waals surface area contributed by atoms with E-state index in [0.717, 1.165) is 48.6 Å². The topological polar surface area (TPSA) is 149 Å². The van der Waals surface area contributed by atoms with Crippen molar-refractivity contribution in [2.75, 3.05) is 0 Å². The zero-order valence-electron chi connectivity index (χ0n) is 26.8. The van der Waals surface area contributed by atoms with Crippen LogP contribution in [0.2, 0.25) is 4.71 Å². The molecule has 0 aliphatic heterocycles. The van der Waals surface area contributed by atoms with Gasteiger partial charge in [-0.3, -0.25) is 0 Å². The van der Waals surface area contributed by atoms with Crippen molar-refractivity contribution in [3.05, 3.63) is 36.0 Å². The summed E-state index contributed by atoms with van der Waals surface area (Å²) in [5.41, 5.74) is 1.09. The standard InChI is InChI=1S/C33H49AsN3O7/c1-7-20(2)29(36-31(42)21(3)37(23-13-9-8-10-14-23)32(43)44-33(4,5)6)30(41)34-25(27(38)18-28(39)40)17-22-19-35-26-16-12-11-15-24(22)26/h11-12,15-16,19-21,23,25,27,29,35,38H,7-10,13-14,17-18H2,1-6H3,(H,36,42)(H,39,40)/t20-,21-,25-,27?,29-/m0/s1. The molecule has 44 heavy (non-hydrogen) atoms. The molecule has 5 atom stereocenters. The van der Waals surface area contributed by atoms with E-state index >= 15 is 0 Å². The van der Waals surface area contributed by atoms with Crippen LogP contribution < -0.4 is 5.32 Å². The van der Waals surface area contributed by atoms with E-state index in [1.54, 1.807) is 32.6 Å². The summed E-state index contributed by atoms with van der Waals surface area (Å²) in [5, 5.41) is 24.3. The van der Waals surface area contributed by atoms with Crippen LogP contribution in [0.15, 0.2) is 30.5 Å². The monoisotopic (exact) mass is 674 g/mol. The summed E-state index contributed by atoms with van der Waals surface area (Å²) in [6.07, 6.45) is 5.14. The second-order valence-corrected chi connectivity index (χ2v) is 15.8. The van der Waals surface area contributed by atoms with Crippen molar-refractivity contribution < 1.29 is 34.1 Å². The van der Waals surface area contributed by atoms with Crippen LogP contribution in [-0.2, 0) is 25.5 Å². The predicted molar refractivity (Wildman–Crippen MR) is 171 cm³/mol. The van der Waals surface area contributed by atoms with Crippen molar-refractivity contribution >= 4 is 49.2 Å². The Balaban J connectivity index is 1.83. The van der Waals surface area contributed by atoms with Crippen molar-refractivity contribution in [2.24, 2.45) is 5.92 Å². The summed E-state index contributed by atoms with van der Waals surface area (Å²) in [7, 11) is 0. The molecule has 1 aromatic heterocycles. The number of rotatable bonds is 14. The van der Waals surface area contributed by atoms with Crippen LogP contribution in [0.5, 0.6) is 0 Å². The third kappa shape index (κ3) is 9.83. The van der Waals surface area contributed by atoms with Crippen LogP contribution in [0.25, 0.3) is 10.9 Å². The molecule has 0 spiro atoms. The summed E-state index contributed by atoms with van der Waals surface area (Å²) < 4.78 is 4.93. The van der Waals surface area contributed by atoms with Gasteiger partial charge in [-0.1, -0.05) is 0 Å². The summed E-state index contributed by atoms with van der Waals surface area (Å²) in [4.78, 5) is 57.3. The average Bonchev–Trinajstić information content (AvgIpc) is 3.37. The Hall–Kier alpha value is -2.84. The second-order valence-electron chi connectivity index (χ2n) is 13.0. The van der Waals surface area contributed by atoms with E-state index in [1.807, 2.05) is 44.3 Å². The summed E-state index contributed by atoms with van der Waals surface area (Å²) in [5.74, 6) is -1.77. The van der Waals surface area contributed by atoms with Gasteiger partial charge in [0.15, 0.2) is 0 Å². The molecular formula is C33H49AsN3O7. The number of ether oxygens (including phenoxy) is 1. The molecule has 3 rings (SSSR count). The van der Waals surface area contributed by atoms with Crippen molar-refractivity contribution in [1.82, 2.24) is 15.2 Å². The number of carboxylic acids is 1. The van der Waals surface area contributed by atoms with E-state index in [-0.39, 0.29) is 16.5 Å². The Bertz CT molecular complexity index is 1280. The van der Waals surface area contributed by atoms with Crippen LogP contribution in [0.3, 0.4) is 0 Å². The van der Waals surface area contributed by atoms with Crippen LogP contribution in [-0.4, -0.2) is 88.2 Å². The number of hydrogen-bond acceptors (Lipinski definition) is 6. The minimum atomic E-state index is -1.23. The molecule has 243 valence electrons. The van der Waals surface area contributed by atoms with E-state index in [2.05, 4.69) is 10.3 Å². The Kier molecular flexibility index (Phi) is 12.9. The number of carboxylic acid groups (broad SMARTS) is 1. The van der Waals surface area contributed by atoms with Gasteiger partial charge < -0.3 is 0 Å². The molecule has 2 amide bonds. The number of benzene rings is 1. The van der Waals surface area contributed by atoms with Crippen LogP contribution >= 0.6 is 0 Å². The van der Waals surface area contributed by atoms with Gasteiger partial charge in [0.2, 0.25) is 0 Å². The van der Waals surface area contributed by atoms with Crippen molar-refractivity contribution in [3.63, 3.8) is 0 Å². The number of aliphatic hydroxyl groups excluding tert-OH is 1. The molecule has 4 N–H and O–H groups in total. The first-order chi connectivity index (χ1) is 20.7. The quantitative estimate of drug-likeness (QED) is 0.205. The van der Waals surface area contributed by atoms with E-state index in [4.69, 9.17) is 4.74 Å². The molecule has 0 saturated heterocycles. The molecule has 11 heteroatoms. The SMILES string of the molecule is CC[C@H](C)[C@H](NC(=O)[C@H](C)N(C(=O)OC(C)(C)C)C1CCCCC1)C(=O)[As][C@@H](Cc1c[nH]c2ccccc12)C(O)CC(=O)O. The van der Waals surface area contributed by atoms with Crippen LogP contribution in [0.1, 0.15) is 92.1 Å². The molecular weight excluding hydrogens is 625 g/mol. The van der Waals surface area contributed by atoms with Crippen molar-refractivity contribution in [3.8, 4) is 0 Å². The fourth-order valence-electron chi connectivity index (χ4n) is 5.73. The second kappa shape index (κ2) is 15.9. The number of aromatic amines is 1. The molecule has 1 heterocycles. The zero-order chi connectivity index (χ0) is 32.6. The number of carbonyl (C=O) groups is 4. The Morgan fingerprint density at radius 2 is 1.77 bits per heavy atom. The molecule has 1 unspecified atom stereocenters. The number of nitrogens with zero attached hydrogens (tertiary/aromatic N) is 1. The minimum absolute atomic E-state index is 0.129. The number of carbonyl (C=O) groups excluding carboxylic acids is 3. The van der Waals surface area contributed by atoms with Gasteiger partial charge >= 0.3 is 268 Å². The van der Waals surface area contributed by atoms with E-state index < -0.39 is 68.6 Å². The third-order valence-corrected chi connectivity index (χ3v) is 11.3. The van der Waals surface area contributed by atoms with Crippen molar-refractivity contribution in [2.45, 2.75) is 127 Å². The third-order valence-electron chi connectivity index (χ3n) is 8.37. The summed E-state index contributed by atoms with van der Waals surface area (Å²) in [6, 6.07) is 5.89. The fraction of sp³-hybridized carbons (Fsp3) is 0.636. The fourth-order valence-corrected chi connectivity index (χ4v) is 8.61. The number of aromatic nitrogens is 1. The molecule has 10 nitrogen and oxygen atoms in total. The molecule has 1 radical (unpaired) electrons. The number of H-pyrrole nitrogens is 1. The maximum absolute atomic E-state index is 13.9. The number of aliphatic hydroxyl groups is 1. The van der Waals surface area contributed by atoms with E-state index in [1.165, 1.54) is 0 Å². The van der Waals surface area contributed by atoms with Gasteiger partial charge in [-0.15, -0.1) is 0 Å². The predicted octanol–water partition coefficient (Wildman–Crippen LogP) is 5.05. The van der Waals surface area contributed by atoms with E-state index in [0.29, 0.717) is 12.8 Å². The van der Waals surface area contributed by atoms with Crippen LogP contribution in [0.4, 0.5) is 4.79 Å². The number of para-hydroxylation sites is 1. The molecule has 1 aliphatic carbocycles. The zero-order valence-corrected chi connectivity index (χ0v) is 28.7. The van der Waals surface area contributed by atoms with Gasteiger partial charge in [-0.05, 0) is 0 Å². The Morgan fingerprint density at radius 3 is 2.39 bits per heavy atom. The maximum atomic E-state index is 13.9. The normalized spacial score (nSPS) is 18.0. The molecule has 1 saturated carbocycles. The first-order valence-electron chi connectivity index (χ1n) is 15.7. The number of hydrogen-bond donors (Lipinski definition) is 4. The number of aliphatic carboxylic acids is 1. The number of amides is 2. The Morgan fingerprint density at radius 1 is 1.11 bits per heavy atom. The van der Waals surface area contributed by atoms with Gasteiger partial charge in [0.1, 0.15) is 0 Å². The number of fused-ring (bicyclic) bond motifs is 1. The Labute approximate surface area is 267 Å². The summed E-state index contributed by atoms with van der Waals surface area (Å²) in [6.45, 7) is 10.9. The molecule has 1 aliphatic rings. The van der Waals surface area contributed by atoms with Gasteiger partial charge in [0.05, 0.1) is 0 Å². The molecule has 2 aromatic rings. The van der Waals surface area contributed by atoms with Crippen molar-refractivity contribution in [1.29, 1.82) is 0 Å². The first-order valence-corrected chi connectivity index (χ1v) is 17.7.